The van der Waals surface area contributed by atoms with Gasteiger partial charge in [-0.2, -0.15) is 0 Å². The smallest absolute Gasteiger partial charge is 0.128 e. The van der Waals surface area contributed by atoms with Crippen molar-refractivity contribution in [2.75, 3.05) is 7.05 Å². The monoisotopic (exact) mass is 286 g/mol. The molecule has 2 N–H and O–H groups in total. The summed E-state index contributed by atoms with van der Waals surface area (Å²) in [6, 6.07) is 14.9. The maximum Gasteiger partial charge on any atom is 0.128 e. The Balaban J connectivity index is 2.24. The molecule has 0 aliphatic heterocycles. The van der Waals surface area contributed by atoms with Gasteiger partial charge in [-0.3, -0.25) is 4.90 Å². The van der Waals surface area contributed by atoms with Crippen molar-refractivity contribution in [3.8, 4) is 0 Å². The molecule has 0 aromatic heterocycles. The fourth-order valence-corrected chi connectivity index (χ4v) is 2.83. The maximum absolute atomic E-state index is 14.1. The van der Waals surface area contributed by atoms with Crippen molar-refractivity contribution in [2.24, 2.45) is 5.73 Å². The summed E-state index contributed by atoms with van der Waals surface area (Å²) in [5.74, 6) is -0.198. The van der Waals surface area contributed by atoms with Crippen LogP contribution in [-0.2, 0) is 6.54 Å². The summed E-state index contributed by atoms with van der Waals surface area (Å²) in [6.45, 7) is 4.73. The third-order valence-electron chi connectivity index (χ3n) is 3.71. The minimum Gasteiger partial charge on any atom is -0.326 e. The molecule has 2 nitrogen and oxygen atoms in total. The van der Waals surface area contributed by atoms with E-state index in [4.69, 9.17) is 5.73 Å². The van der Waals surface area contributed by atoms with Crippen molar-refractivity contribution in [1.82, 2.24) is 4.90 Å². The van der Waals surface area contributed by atoms with E-state index < -0.39 is 0 Å². The predicted octanol–water partition coefficient (Wildman–Crippen LogP) is 3.65. The number of aryl methyl sites for hydroxylation is 1. The minimum atomic E-state index is -0.198. The molecule has 0 aliphatic carbocycles. The van der Waals surface area contributed by atoms with E-state index in [9.17, 15) is 4.39 Å². The molecule has 0 radical (unpaired) electrons. The Morgan fingerprint density at radius 2 is 1.86 bits per heavy atom. The van der Waals surface area contributed by atoms with E-state index in [0.717, 1.165) is 6.54 Å². The molecular weight excluding hydrogens is 263 g/mol. The van der Waals surface area contributed by atoms with E-state index in [0.29, 0.717) is 5.56 Å². The second kappa shape index (κ2) is 6.83. The molecule has 2 aromatic rings. The van der Waals surface area contributed by atoms with Gasteiger partial charge in [0.1, 0.15) is 5.82 Å². The Labute approximate surface area is 126 Å². The summed E-state index contributed by atoms with van der Waals surface area (Å²) < 4.78 is 14.1. The lowest BCUT2D eigenvalue weighted by Crippen LogP contribution is -2.37. The van der Waals surface area contributed by atoms with E-state index in [-0.39, 0.29) is 17.9 Å². The van der Waals surface area contributed by atoms with Gasteiger partial charge in [-0.15, -0.1) is 0 Å². The number of likely N-dealkylation sites (N-methyl/N-ethyl adjacent to an activating group) is 1. The van der Waals surface area contributed by atoms with Crippen LogP contribution in [0, 0.1) is 12.7 Å². The molecule has 2 aromatic carbocycles. The summed E-state index contributed by atoms with van der Waals surface area (Å²) in [5.41, 5.74) is 9.20. The lowest BCUT2D eigenvalue weighted by molar-refractivity contribution is 0.206. The molecule has 2 rings (SSSR count). The van der Waals surface area contributed by atoms with Gasteiger partial charge in [-0.05, 0) is 32.5 Å². The predicted molar refractivity (Wildman–Crippen MR) is 85.4 cm³/mol. The highest BCUT2D eigenvalue weighted by molar-refractivity contribution is 5.25. The first-order valence-corrected chi connectivity index (χ1v) is 7.25. The zero-order valence-corrected chi connectivity index (χ0v) is 12.9. The molecule has 0 saturated carbocycles. The summed E-state index contributed by atoms with van der Waals surface area (Å²) in [6.07, 6.45) is 0. The number of hydrogen-bond donors (Lipinski definition) is 1. The van der Waals surface area contributed by atoms with E-state index in [1.54, 1.807) is 6.07 Å². The van der Waals surface area contributed by atoms with Gasteiger partial charge in [0.05, 0.1) is 6.04 Å². The molecule has 0 spiro atoms. The number of hydrogen-bond acceptors (Lipinski definition) is 2. The molecule has 21 heavy (non-hydrogen) atoms. The van der Waals surface area contributed by atoms with Crippen molar-refractivity contribution in [1.29, 1.82) is 0 Å². The van der Waals surface area contributed by atoms with Crippen LogP contribution in [0.25, 0.3) is 0 Å². The third-order valence-corrected chi connectivity index (χ3v) is 3.71. The molecule has 0 fully saturated rings. The van der Waals surface area contributed by atoms with Gasteiger partial charge in [0.15, 0.2) is 0 Å². The van der Waals surface area contributed by atoms with Gasteiger partial charge in [-0.25, -0.2) is 4.39 Å². The van der Waals surface area contributed by atoms with Crippen LogP contribution in [0.2, 0.25) is 0 Å². The Hall–Kier alpha value is -1.71. The second-order valence-electron chi connectivity index (χ2n) is 5.73. The fraction of sp³-hybridized carbons (Fsp3) is 0.333. The molecule has 112 valence electrons. The van der Waals surface area contributed by atoms with Gasteiger partial charge in [-0.1, -0.05) is 48.0 Å². The number of halogens is 1. The quantitative estimate of drug-likeness (QED) is 0.909. The number of benzene rings is 2. The minimum absolute atomic E-state index is 0.147. The zero-order chi connectivity index (χ0) is 15.4. The Morgan fingerprint density at radius 1 is 1.14 bits per heavy atom. The van der Waals surface area contributed by atoms with Crippen molar-refractivity contribution >= 4 is 0 Å². The van der Waals surface area contributed by atoms with Crippen LogP contribution >= 0.6 is 0 Å². The molecule has 3 heteroatoms. The van der Waals surface area contributed by atoms with Crippen LogP contribution < -0.4 is 5.73 Å². The first-order chi connectivity index (χ1) is 9.99. The highest BCUT2D eigenvalue weighted by Crippen LogP contribution is 2.26. The molecule has 2 unspecified atom stereocenters. The summed E-state index contributed by atoms with van der Waals surface area (Å²) in [7, 11) is 1.99. The maximum atomic E-state index is 14.1. The van der Waals surface area contributed by atoms with Crippen molar-refractivity contribution in [3.05, 3.63) is 71.0 Å². The molecule has 0 bridgehead atoms. The van der Waals surface area contributed by atoms with Gasteiger partial charge >= 0.3 is 0 Å². The van der Waals surface area contributed by atoms with Crippen LogP contribution in [0.1, 0.15) is 29.7 Å². The number of nitrogens with two attached hydrogens (primary N) is 1. The molecule has 2 atom stereocenters. The second-order valence-corrected chi connectivity index (χ2v) is 5.73. The third kappa shape index (κ3) is 3.90. The van der Waals surface area contributed by atoms with Crippen LogP contribution in [-0.4, -0.2) is 18.0 Å². The molecular formula is C18H23FN2. The van der Waals surface area contributed by atoms with E-state index in [2.05, 4.69) is 30.0 Å². The molecule has 0 saturated heterocycles. The topological polar surface area (TPSA) is 29.3 Å². The summed E-state index contributed by atoms with van der Waals surface area (Å²) in [5, 5.41) is 0. The number of nitrogens with zero attached hydrogens (tertiary/aromatic N) is 1. The largest absolute Gasteiger partial charge is 0.326 e. The molecule has 0 heterocycles. The molecule has 0 amide bonds. The van der Waals surface area contributed by atoms with Crippen LogP contribution in [0.4, 0.5) is 4.39 Å². The average molecular weight is 286 g/mol. The first kappa shape index (κ1) is 15.7. The highest BCUT2D eigenvalue weighted by Gasteiger charge is 2.23. The van der Waals surface area contributed by atoms with E-state index in [1.807, 2.05) is 32.2 Å². The van der Waals surface area contributed by atoms with Gasteiger partial charge in [0, 0.05) is 18.2 Å². The van der Waals surface area contributed by atoms with Crippen LogP contribution in [0.3, 0.4) is 0 Å². The van der Waals surface area contributed by atoms with Crippen molar-refractivity contribution in [3.63, 3.8) is 0 Å². The van der Waals surface area contributed by atoms with Crippen molar-refractivity contribution in [2.45, 2.75) is 32.5 Å². The lowest BCUT2D eigenvalue weighted by Gasteiger charge is -2.31. The van der Waals surface area contributed by atoms with Gasteiger partial charge in [0.25, 0.3) is 0 Å². The SMILES string of the molecule is Cc1cccc(CN(C)C(c2ccccc2F)C(C)N)c1. The van der Waals surface area contributed by atoms with Gasteiger partial charge < -0.3 is 5.73 Å². The zero-order valence-electron chi connectivity index (χ0n) is 12.9. The highest BCUT2D eigenvalue weighted by atomic mass is 19.1. The van der Waals surface area contributed by atoms with E-state index >= 15 is 0 Å². The Kier molecular flexibility index (Phi) is 5.10. The fourth-order valence-electron chi connectivity index (χ4n) is 2.83. The first-order valence-electron chi connectivity index (χ1n) is 7.25. The summed E-state index contributed by atoms with van der Waals surface area (Å²) >= 11 is 0. The normalized spacial score (nSPS) is 14.2. The van der Waals surface area contributed by atoms with Crippen LogP contribution in [0.15, 0.2) is 48.5 Å². The average Bonchev–Trinajstić information content (AvgIpc) is 2.41. The lowest BCUT2D eigenvalue weighted by atomic mass is 9.98. The number of rotatable bonds is 5. The Bertz CT molecular complexity index is 595. The van der Waals surface area contributed by atoms with Gasteiger partial charge in [0.2, 0.25) is 0 Å². The summed E-state index contributed by atoms with van der Waals surface area (Å²) in [4.78, 5) is 2.11. The molecule has 0 aliphatic rings. The van der Waals surface area contributed by atoms with Crippen molar-refractivity contribution < 1.29 is 4.39 Å². The van der Waals surface area contributed by atoms with E-state index in [1.165, 1.54) is 17.2 Å². The Morgan fingerprint density at radius 3 is 2.48 bits per heavy atom. The standard InChI is InChI=1S/C18H23FN2/c1-13-7-6-8-15(11-13)12-21(3)18(14(2)20)16-9-4-5-10-17(16)19/h4-11,14,18H,12,20H2,1-3H3. The van der Waals surface area contributed by atoms with Crippen LogP contribution in [0.5, 0.6) is 0 Å².